The summed E-state index contributed by atoms with van der Waals surface area (Å²) in [4.78, 5) is 9.64. The number of nitrogens with zero attached hydrogens (tertiary/aromatic N) is 2. The molecule has 0 saturated carbocycles. The molecule has 2 heterocycles. The number of aromatic nitrogens is 2. The van der Waals surface area contributed by atoms with Crippen LogP contribution in [0.15, 0.2) is 146 Å². The summed E-state index contributed by atoms with van der Waals surface area (Å²) in [5, 5.41) is 2.21. The summed E-state index contributed by atoms with van der Waals surface area (Å²) in [5.74, 6) is 0. The fraction of sp³-hybridized carbons (Fsp3) is 0. The molecule has 0 bridgehead atoms. The third-order valence-corrected chi connectivity index (χ3v) is 7.23. The van der Waals surface area contributed by atoms with Crippen molar-refractivity contribution in [2.75, 3.05) is 0 Å². The monoisotopic (exact) mass is 484 g/mol. The maximum Gasteiger partial charge on any atom is 0.0970 e. The van der Waals surface area contributed by atoms with Crippen LogP contribution in [0.4, 0.5) is 0 Å². The van der Waals surface area contributed by atoms with E-state index in [2.05, 4.69) is 127 Å². The highest BCUT2D eigenvalue weighted by Crippen LogP contribution is 2.38. The van der Waals surface area contributed by atoms with Gasteiger partial charge >= 0.3 is 0 Å². The molecule has 2 nitrogen and oxygen atoms in total. The maximum atomic E-state index is 4.82. The van der Waals surface area contributed by atoms with E-state index in [1.165, 1.54) is 33.4 Å². The van der Waals surface area contributed by atoms with Crippen LogP contribution in [0.25, 0.3) is 66.3 Å². The predicted molar refractivity (Wildman–Crippen MR) is 159 cm³/mol. The van der Waals surface area contributed by atoms with E-state index >= 15 is 0 Å². The zero-order valence-electron chi connectivity index (χ0n) is 20.8. The minimum absolute atomic E-state index is 0.922. The van der Waals surface area contributed by atoms with Gasteiger partial charge in [0.1, 0.15) is 0 Å². The van der Waals surface area contributed by atoms with E-state index in [1.54, 1.807) is 0 Å². The van der Waals surface area contributed by atoms with Gasteiger partial charge in [0.25, 0.3) is 0 Å². The molecule has 0 amide bonds. The highest BCUT2D eigenvalue weighted by Gasteiger charge is 2.14. The van der Waals surface area contributed by atoms with Crippen molar-refractivity contribution in [1.29, 1.82) is 0 Å². The molecule has 7 aromatic rings. The first kappa shape index (κ1) is 22.1. The van der Waals surface area contributed by atoms with Crippen molar-refractivity contribution < 1.29 is 0 Å². The van der Waals surface area contributed by atoms with Crippen molar-refractivity contribution in [1.82, 2.24) is 9.97 Å². The van der Waals surface area contributed by atoms with Crippen LogP contribution in [0, 0.1) is 0 Å². The second-order valence-electron chi connectivity index (χ2n) is 9.43. The predicted octanol–water partition coefficient (Wildman–Crippen LogP) is 9.45. The Hall–Kier alpha value is -5.08. The van der Waals surface area contributed by atoms with Crippen molar-refractivity contribution in [3.05, 3.63) is 146 Å². The molecule has 0 radical (unpaired) electrons. The SMILES string of the molecule is c1ccc(-c2ccc(-c3ccnc4c3ccc3c(-c5ccccc5-c5ccccc5)ccnc34)cc2)cc1. The molecule has 0 N–H and O–H groups in total. The van der Waals surface area contributed by atoms with Gasteiger partial charge in [0, 0.05) is 23.2 Å². The van der Waals surface area contributed by atoms with Crippen LogP contribution >= 0.6 is 0 Å². The number of hydrogen-bond acceptors (Lipinski definition) is 2. The number of fused-ring (bicyclic) bond motifs is 3. The fourth-order valence-electron chi connectivity index (χ4n) is 5.37. The Morgan fingerprint density at radius 2 is 0.737 bits per heavy atom. The molecule has 0 fully saturated rings. The van der Waals surface area contributed by atoms with Crippen LogP contribution in [-0.4, -0.2) is 9.97 Å². The van der Waals surface area contributed by atoms with E-state index in [-0.39, 0.29) is 0 Å². The van der Waals surface area contributed by atoms with Gasteiger partial charge < -0.3 is 0 Å². The molecule has 38 heavy (non-hydrogen) atoms. The molecule has 7 rings (SSSR count). The van der Waals surface area contributed by atoms with Crippen LogP contribution in [0.2, 0.25) is 0 Å². The highest BCUT2D eigenvalue weighted by atomic mass is 14.7. The standard InChI is InChI=1S/C36H24N2/c1-3-9-25(10-4-1)26-15-17-28(18-16-26)30-21-23-37-35-33(30)19-20-34-32(22-24-38-36(34)35)31-14-8-7-13-29(31)27-11-5-2-6-12-27/h1-24H. The van der Waals surface area contributed by atoms with Crippen LogP contribution in [0.1, 0.15) is 0 Å². The van der Waals surface area contributed by atoms with E-state index in [0.29, 0.717) is 0 Å². The Labute approximate surface area is 221 Å². The number of pyridine rings is 2. The Morgan fingerprint density at radius 1 is 0.289 bits per heavy atom. The third kappa shape index (κ3) is 3.84. The second-order valence-corrected chi connectivity index (χ2v) is 9.43. The average Bonchev–Trinajstić information content (AvgIpc) is 3.01. The van der Waals surface area contributed by atoms with Crippen molar-refractivity contribution in [2.45, 2.75) is 0 Å². The molecule has 0 aliphatic heterocycles. The van der Waals surface area contributed by atoms with Crippen molar-refractivity contribution in [2.24, 2.45) is 0 Å². The van der Waals surface area contributed by atoms with Gasteiger partial charge in [-0.3, -0.25) is 9.97 Å². The average molecular weight is 485 g/mol. The van der Waals surface area contributed by atoms with Crippen LogP contribution in [-0.2, 0) is 0 Å². The lowest BCUT2D eigenvalue weighted by Gasteiger charge is -2.14. The van der Waals surface area contributed by atoms with E-state index in [9.17, 15) is 0 Å². The molecule has 5 aromatic carbocycles. The third-order valence-electron chi connectivity index (χ3n) is 7.23. The molecular weight excluding hydrogens is 460 g/mol. The first-order chi connectivity index (χ1) is 18.9. The van der Waals surface area contributed by atoms with E-state index in [4.69, 9.17) is 9.97 Å². The van der Waals surface area contributed by atoms with Crippen LogP contribution in [0.5, 0.6) is 0 Å². The van der Waals surface area contributed by atoms with Gasteiger partial charge in [0.15, 0.2) is 0 Å². The van der Waals surface area contributed by atoms with Gasteiger partial charge in [0.05, 0.1) is 11.0 Å². The molecular formula is C36H24N2. The molecule has 0 spiro atoms. The van der Waals surface area contributed by atoms with Crippen LogP contribution < -0.4 is 0 Å². The number of hydrogen-bond donors (Lipinski definition) is 0. The molecule has 0 aliphatic rings. The second kappa shape index (κ2) is 9.42. The Morgan fingerprint density at radius 3 is 1.39 bits per heavy atom. The fourth-order valence-corrected chi connectivity index (χ4v) is 5.37. The molecule has 178 valence electrons. The molecule has 0 saturated heterocycles. The van der Waals surface area contributed by atoms with Gasteiger partial charge in [0.2, 0.25) is 0 Å². The summed E-state index contributed by atoms with van der Waals surface area (Å²) in [5.41, 5.74) is 11.4. The van der Waals surface area contributed by atoms with Crippen molar-refractivity contribution >= 4 is 21.8 Å². The van der Waals surface area contributed by atoms with E-state index in [1.807, 2.05) is 18.5 Å². The largest absolute Gasteiger partial charge is 0.254 e. The summed E-state index contributed by atoms with van der Waals surface area (Å²) >= 11 is 0. The lowest BCUT2D eigenvalue weighted by molar-refractivity contribution is 1.37. The van der Waals surface area contributed by atoms with Crippen molar-refractivity contribution in [3.63, 3.8) is 0 Å². The van der Waals surface area contributed by atoms with Gasteiger partial charge in [-0.05, 0) is 56.6 Å². The molecule has 0 unspecified atom stereocenters. The molecule has 0 aliphatic carbocycles. The highest BCUT2D eigenvalue weighted by molar-refractivity contribution is 6.12. The minimum atomic E-state index is 0.922. The van der Waals surface area contributed by atoms with Gasteiger partial charge in [-0.1, -0.05) is 121 Å². The summed E-state index contributed by atoms with van der Waals surface area (Å²) in [6, 6.07) is 47.0. The summed E-state index contributed by atoms with van der Waals surface area (Å²) < 4.78 is 0. The van der Waals surface area contributed by atoms with E-state index < -0.39 is 0 Å². The van der Waals surface area contributed by atoms with E-state index in [0.717, 1.165) is 32.9 Å². The van der Waals surface area contributed by atoms with Crippen molar-refractivity contribution in [3.8, 4) is 44.5 Å². The van der Waals surface area contributed by atoms with Crippen LogP contribution in [0.3, 0.4) is 0 Å². The van der Waals surface area contributed by atoms with Gasteiger partial charge in [-0.15, -0.1) is 0 Å². The first-order valence-corrected chi connectivity index (χ1v) is 12.8. The smallest absolute Gasteiger partial charge is 0.0970 e. The summed E-state index contributed by atoms with van der Waals surface area (Å²) in [6.45, 7) is 0. The normalized spacial score (nSPS) is 11.2. The Bertz CT molecular complexity index is 1890. The number of rotatable bonds is 4. The quantitative estimate of drug-likeness (QED) is 0.233. The first-order valence-electron chi connectivity index (χ1n) is 12.8. The zero-order chi connectivity index (χ0) is 25.3. The lowest BCUT2D eigenvalue weighted by atomic mass is 9.91. The zero-order valence-corrected chi connectivity index (χ0v) is 20.8. The molecule has 2 heteroatoms. The Balaban J connectivity index is 1.37. The number of benzene rings is 5. The van der Waals surface area contributed by atoms with Gasteiger partial charge in [-0.2, -0.15) is 0 Å². The molecule has 2 aromatic heterocycles. The maximum absolute atomic E-state index is 4.82. The topological polar surface area (TPSA) is 25.8 Å². The Kier molecular flexibility index (Phi) is 5.49. The minimum Gasteiger partial charge on any atom is -0.254 e. The lowest BCUT2D eigenvalue weighted by Crippen LogP contribution is -1.92. The van der Waals surface area contributed by atoms with Gasteiger partial charge in [-0.25, -0.2) is 0 Å². The summed E-state index contributed by atoms with van der Waals surface area (Å²) in [6.07, 6.45) is 3.80. The molecule has 0 atom stereocenters. The summed E-state index contributed by atoms with van der Waals surface area (Å²) in [7, 11) is 0.